The summed E-state index contributed by atoms with van der Waals surface area (Å²) in [7, 11) is 0. The van der Waals surface area contributed by atoms with Crippen LogP contribution in [0.5, 0.6) is 11.5 Å². The number of hydrogen-bond acceptors (Lipinski definition) is 6. The molecule has 1 aromatic heterocycles. The quantitative estimate of drug-likeness (QED) is 0.239. The highest BCUT2D eigenvalue weighted by Crippen LogP contribution is 2.33. The molecule has 0 fully saturated rings. The molecule has 184 valence electrons. The van der Waals surface area contributed by atoms with Crippen LogP contribution in [0.25, 0.3) is 0 Å². The van der Waals surface area contributed by atoms with Crippen molar-refractivity contribution < 1.29 is 19.7 Å². The summed E-state index contributed by atoms with van der Waals surface area (Å²) in [6.07, 6.45) is -0.758. The van der Waals surface area contributed by atoms with Crippen molar-refractivity contribution in [1.82, 2.24) is 15.0 Å². The van der Waals surface area contributed by atoms with Gasteiger partial charge in [0.15, 0.2) is 0 Å². The fourth-order valence-electron chi connectivity index (χ4n) is 3.38. The third kappa shape index (κ3) is 6.84. The van der Waals surface area contributed by atoms with Crippen molar-refractivity contribution in [3.8, 4) is 11.5 Å². The van der Waals surface area contributed by atoms with Gasteiger partial charge in [-0.05, 0) is 58.0 Å². The Hall–Kier alpha value is -1.88. The maximum absolute atomic E-state index is 10.3. The maximum atomic E-state index is 10.3. The first kappa shape index (κ1) is 26.7. The van der Waals surface area contributed by atoms with E-state index in [1.165, 1.54) is 5.56 Å². The monoisotopic (exact) mass is 595 g/mol. The van der Waals surface area contributed by atoms with Gasteiger partial charge >= 0.3 is 0 Å². The van der Waals surface area contributed by atoms with E-state index >= 15 is 0 Å². The average Bonchev–Trinajstić information content (AvgIpc) is 3.20. The first-order valence-corrected chi connectivity index (χ1v) is 12.7. The second kappa shape index (κ2) is 12.2. The summed E-state index contributed by atoms with van der Waals surface area (Å²) in [6.45, 7) is 7.20. The Labute approximate surface area is 219 Å². The maximum Gasteiger partial charge on any atom is 0.125 e. The zero-order valence-electron chi connectivity index (χ0n) is 19.6. The number of aliphatic hydroxyl groups is 2. The predicted octanol–water partition coefficient (Wildman–Crippen LogP) is 4.39. The van der Waals surface area contributed by atoms with E-state index in [0.717, 1.165) is 11.3 Å². The van der Waals surface area contributed by atoms with Gasteiger partial charge in [0.05, 0.1) is 19.8 Å². The van der Waals surface area contributed by atoms with Crippen LogP contribution in [0.1, 0.15) is 37.6 Å². The Morgan fingerprint density at radius 3 is 2.00 bits per heavy atom. The summed E-state index contributed by atoms with van der Waals surface area (Å²) in [5.74, 6) is 2.41. The molecule has 0 amide bonds. The molecule has 0 bridgehead atoms. The molecular weight excluding hydrogens is 565 g/mol. The van der Waals surface area contributed by atoms with Gasteiger partial charge in [-0.1, -0.05) is 50.3 Å². The number of rotatable bonds is 12. The Kier molecular flexibility index (Phi) is 9.58. The Balaban J connectivity index is 1.56. The molecule has 2 atom stereocenters. The van der Waals surface area contributed by atoms with E-state index in [9.17, 15) is 10.2 Å². The molecule has 3 rings (SSSR count). The van der Waals surface area contributed by atoms with Gasteiger partial charge in [0.25, 0.3) is 0 Å². The lowest BCUT2D eigenvalue weighted by Gasteiger charge is -2.26. The van der Waals surface area contributed by atoms with Crippen molar-refractivity contribution in [1.29, 1.82) is 0 Å². The van der Waals surface area contributed by atoms with Gasteiger partial charge in [0.2, 0.25) is 0 Å². The molecule has 2 aromatic carbocycles. The first-order chi connectivity index (χ1) is 16.2. The van der Waals surface area contributed by atoms with Crippen LogP contribution in [-0.4, -0.2) is 50.4 Å². The molecule has 2 unspecified atom stereocenters. The topological polar surface area (TPSA) is 89.6 Å². The molecule has 34 heavy (non-hydrogen) atoms. The van der Waals surface area contributed by atoms with E-state index in [1.54, 1.807) is 4.68 Å². The molecule has 0 aliphatic carbocycles. The third-order valence-electron chi connectivity index (χ3n) is 5.66. The van der Waals surface area contributed by atoms with Gasteiger partial charge in [-0.3, -0.25) is 0 Å². The molecule has 1 heterocycles. The van der Waals surface area contributed by atoms with Crippen molar-refractivity contribution in [3.05, 3.63) is 69.1 Å². The van der Waals surface area contributed by atoms with Crippen LogP contribution in [-0.2, 0) is 18.6 Å². The fourth-order valence-corrected chi connectivity index (χ4v) is 4.04. The van der Waals surface area contributed by atoms with Gasteiger partial charge < -0.3 is 19.7 Å². The van der Waals surface area contributed by atoms with Gasteiger partial charge in [-0.15, -0.1) is 16.7 Å². The van der Waals surface area contributed by atoms with Crippen LogP contribution < -0.4 is 9.47 Å². The number of aromatic nitrogens is 3. The molecule has 9 heteroatoms. The molecule has 7 nitrogen and oxygen atoms in total. The third-order valence-corrected chi connectivity index (χ3v) is 7.37. The SMILES string of the molecule is CC(CCl)COc1ccc(C(C)(C)c2ccc(OCC(O)Cn3nnc(CO)c3[123I])cc2)cc1. The van der Waals surface area contributed by atoms with Crippen LogP contribution in [0.2, 0.25) is 0 Å². The largest absolute Gasteiger partial charge is 0.493 e. The van der Waals surface area contributed by atoms with Gasteiger partial charge in [0, 0.05) is 17.2 Å². The van der Waals surface area contributed by atoms with Crippen LogP contribution in [0.4, 0.5) is 0 Å². The summed E-state index contributed by atoms with van der Waals surface area (Å²) in [4.78, 5) is 0. The minimum atomic E-state index is -0.758. The highest BCUT2D eigenvalue weighted by atomic mass is 123. The van der Waals surface area contributed by atoms with E-state index in [-0.39, 0.29) is 25.2 Å². The Bertz CT molecular complexity index is 1040. The fraction of sp³-hybridized carbons (Fsp3) is 0.440. The number of halogens is 2. The second-order valence-corrected chi connectivity index (χ2v) is 10.2. The number of benzene rings is 2. The summed E-state index contributed by atoms with van der Waals surface area (Å²) >= 11 is 7.90. The predicted molar refractivity (Wildman–Crippen MR) is 141 cm³/mol. The highest BCUT2D eigenvalue weighted by molar-refractivity contribution is 14.1. The van der Waals surface area contributed by atoms with Crippen LogP contribution >= 0.6 is 34.2 Å². The lowest BCUT2D eigenvalue weighted by molar-refractivity contribution is 0.0881. The summed E-state index contributed by atoms with van der Waals surface area (Å²) in [5.41, 5.74) is 2.63. The van der Waals surface area contributed by atoms with E-state index in [2.05, 4.69) is 43.2 Å². The standard InChI is InChI=1S/C25H31ClIN3O4/c1-17(12-26)15-33-21-8-4-18(5-9-21)25(2,3)19-6-10-22(11-7-19)34-16-20(32)13-30-24(27)23(14-31)28-29-30/h4-11,17,20,31-32H,12-16H2,1-3H3/i27-4. The average molecular weight is 596 g/mol. The van der Waals surface area contributed by atoms with Crippen molar-refractivity contribution in [2.75, 3.05) is 19.1 Å². The van der Waals surface area contributed by atoms with Crippen LogP contribution in [0.3, 0.4) is 0 Å². The minimum Gasteiger partial charge on any atom is -0.493 e. The van der Waals surface area contributed by atoms with Crippen molar-refractivity contribution in [3.63, 3.8) is 0 Å². The summed E-state index contributed by atoms with van der Waals surface area (Å²) < 4.78 is 13.8. The lowest BCUT2D eigenvalue weighted by atomic mass is 9.78. The number of hydrogen-bond donors (Lipinski definition) is 2. The lowest BCUT2D eigenvalue weighted by Crippen LogP contribution is -2.25. The van der Waals surface area contributed by atoms with Crippen molar-refractivity contribution in [2.45, 2.75) is 45.4 Å². The molecular formula is C25H31ClIN3O4. The molecule has 0 aliphatic heterocycles. The molecule has 0 spiro atoms. The Morgan fingerprint density at radius 2 is 1.53 bits per heavy atom. The molecule has 0 saturated carbocycles. The summed E-state index contributed by atoms with van der Waals surface area (Å²) in [5, 5.41) is 27.4. The highest BCUT2D eigenvalue weighted by Gasteiger charge is 2.23. The van der Waals surface area contributed by atoms with Crippen LogP contribution in [0, 0.1) is 9.62 Å². The van der Waals surface area contributed by atoms with Crippen molar-refractivity contribution >= 4 is 34.2 Å². The summed E-state index contributed by atoms with van der Waals surface area (Å²) in [6, 6.07) is 16.1. The number of nitrogens with zero attached hydrogens (tertiary/aromatic N) is 3. The zero-order chi connectivity index (χ0) is 24.7. The van der Waals surface area contributed by atoms with Crippen molar-refractivity contribution in [2.24, 2.45) is 5.92 Å². The van der Waals surface area contributed by atoms with Gasteiger partial charge in [-0.25, -0.2) is 4.68 Å². The molecule has 3 aromatic rings. The van der Waals surface area contributed by atoms with E-state index in [4.69, 9.17) is 21.1 Å². The minimum absolute atomic E-state index is 0.122. The van der Waals surface area contributed by atoms with Gasteiger partial charge in [0.1, 0.15) is 33.6 Å². The molecule has 0 radical (unpaired) electrons. The first-order valence-electron chi connectivity index (χ1n) is 11.1. The van der Waals surface area contributed by atoms with E-state index in [1.807, 2.05) is 59.0 Å². The molecule has 0 saturated heterocycles. The second-order valence-electron chi connectivity index (χ2n) is 8.88. The normalized spacial score (nSPS) is 13.5. The number of aliphatic hydroxyl groups excluding tert-OH is 2. The molecule has 2 N–H and O–H groups in total. The number of ether oxygens (including phenoxy) is 2. The molecule has 0 aliphatic rings. The van der Waals surface area contributed by atoms with Gasteiger partial charge in [-0.2, -0.15) is 0 Å². The van der Waals surface area contributed by atoms with Crippen LogP contribution in [0.15, 0.2) is 48.5 Å². The number of alkyl halides is 1. The van der Waals surface area contributed by atoms with E-state index < -0.39 is 6.10 Å². The van der Waals surface area contributed by atoms with E-state index in [0.29, 0.717) is 33.5 Å². The Morgan fingerprint density at radius 1 is 1.00 bits per heavy atom. The zero-order valence-corrected chi connectivity index (χ0v) is 22.5. The smallest absolute Gasteiger partial charge is 0.125 e.